The zero-order valence-corrected chi connectivity index (χ0v) is 12.3. The van der Waals surface area contributed by atoms with E-state index in [0.717, 1.165) is 0 Å². The minimum absolute atomic E-state index is 0.250. The first-order valence-electron chi connectivity index (χ1n) is 5.83. The monoisotopic (exact) mass is 324 g/mol. The smallest absolute Gasteiger partial charge is 0.180 e. The third-order valence-electron chi connectivity index (χ3n) is 3.34. The highest BCUT2D eigenvalue weighted by Gasteiger charge is 2.42. The molecule has 20 heavy (non-hydrogen) atoms. The van der Waals surface area contributed by atoms with E-state index < -0.39 is 5.92 Å². The molecule has 0 heterocycles. The summed E-state index contributed by atoms with van der Waals surface area (Å²) in [5, 5.41) is 0.868. The predicted octanol–water partition coefficient (Wildman–Crippen LogP) is 4.81. The Balaban J connectivity index is 2.23. The molecule has 1 aliphatic carbocycles. The number of rotatable bonds is 1. The van der Waals surface area contributed by atoms with Gasteiger partial charge in [0.2, 0.25) is 0 Å². The summed E-state index contributed by atoms with van der Waals surface area (Å²) in [7, 11) is 0. The van der Waals surface area contributed by atoms with Crippen LogP contribution < -0.4 is 0 Å². The average molecular weight is 326 g/mol. The molecule has 0 aromatic heterocycles. The van der Waals surface area contributed by atoms with Crippen molar-refractivity contribution in [2.75, 3.05) is 0 Å². The third-order valence-corrected chi connectivity index (χ3v) is 4.31. The van der Waals surface area contributed by atoms with Crippen LogP contribution in [-0.4, -0.2) is 11.6 Å². The van der Waals surface area contributed by atoms with Gasteiger partial charge in [0.1, 0.15) is 5.92 Å². The molecule has 1 aliphatic rings. The molecule has 3 rings (SSSR count). The van der Waals surface area contributed by atoms with E-state index in [1.807, 2.05) is 0 Å². The largest absolute Gasteiger partial charge is 0.293 e. The molecule has 0 N–H and O–H groups in total. The fourth-order valence-electron chi connectivity index (χ4n) is 2.45. The van der Waals surface area contributed by atoms with E-state index in [4.69, 9.17) is 34.8 Å². The van der Waals surface area contributed by atoms with Crippen LogP contribution in [0.4, 0.5) is 0 Å². The van der Waals surface area contributed by atoms with Gasteiger partial charge in [0.15, 0.2) is 11.6 Å². The maximum Gasteiger partial charge on any atom is 0.180 e. The first kappa shape index (κ1) is 13.6. The lowest BCUT2D eigenvalue weighted by molar-refractivity contribution is 0.0890. The van der Waals surface area contributed by atoms with Crippen molar-refractivity contribution < 1.29 is 9.59 Å². The van der Waals surface area contributed by atoms with E-state index in [1.54, 1.807) is 36.4 Å². The molecule has 100 valence electrons. The van der Waals surface area contributed by atoms with Gasteiger partial charge in [0, 0.05) is 26.7 Å². The van der Waals surface area contributed by atoms with Gasteiger partial charge in [-0.15, -0.1) is 0 Å². The van der Waals surface area contributed by atoms with E-state index >= 15 is 0 Å². The second-order valence-corrected chi connectivity index (χ2v) is 5.68. The van der Waals surface area contributed by atoms with Crippen LogP contribution in [0.15, 0.2) is 36.4 Å². The van der Waals surface area contributed by atoms with Crippen LogP contribution in [0, 0.1) is 0 Å². The first-order chi connectivity index (χ1) is 9.52. The highest BCUT2D eigenvalue weighted by molar-refractivity contribution is 6.42. The van der Waals surface area contributed by atoms with Gasteiger partial charge in [-0.2, -0.15) is 0 Å². The molecule has 0 spiro atoms. The normalized spacial score (nSPS) is 17.4. The summed E-state index contributed by atoms with van der Waals surface area (Å²) in [4.78, 5) is 25.0. The Morgan fingerprint density at radius 1 is 0.750 bits per heavy atom. The number of halogens is 3. The van der Waals surface area contributed by atoms with Gasteiger partial charge >= 0.3 is 0 Å². The van der Waals surface area contributed by atoms with Crippen molar-refractivity contribution in [3.63, 3.8) is 0 Å². The molecule has 0 aliphatic heterocycles. The van der Waals surface area contributed by atoms with Gasteiger partial charge in [0.25, 0.3) is 0 Å². The van der Waals surface area contributed by atoms with Crippen LogP contribution in [0.2, 0.25) is 15.1 Å². The standard InChI is InChI=1S/C15H7Cl3O2/c16-8-4-1-3-7-11(8)15(20)13(14(7)19)12-9(17)5-2-6-10(12)18/h1-6,13H. The van der Waals surface area contributed by atoms with E-state index in [1.165, 1.54) is 0 Å². The van der Waals surface area contributed by atoms with Crippen molar-refractivity contribution >= 4 is 46.4 Å². The molecule has 1 atom stereocenters. The Bertz CT molecular complexity index is 733. The lowest BCUT2D eigenvalue weighted by Crippen LogP contribution is -2.14. The van der Waals surface area contributed by atoms with Gasteiger partial charge in [-0.1, -0.05) is 53.0 Å². The van der Waals surface area contributed by atoms with Gasteiger partial charge < -0.3 is 0 Å². The summed E-state index contributed by atoms with van der Waals surface area (Å²) in [6.45, 7) is 0. The minimum Gasteiger partial charge on any atom is -0.293 e. The predicted molar refractivity (Wildman–Crippen MR) is 79.3 cm³/mol. The Morgan fingerprint density at radius 3 is 1.90 bits per heavy atom. The zero-order valence-electron chi connectivity index (χ0n) is 9.99. The summed E-state index contributed by atoms with van der Waals surface area (Å²) in [6, 6.07) is 9.69. The quantitative estimate of drug-likeness (QED) is 0.705. The third kappa shape index (κ3) is 1.87. The molecular weight excluding hydrogens is 319 g/mol. The molecule has 5 heteroatoms. The summed E-state index contributed by atoms with van der Waals surface area (Å²) in [6.07, 6.45) is 0. The van der Waals surface area contributed by atoms with Gasteiger partial charge in [-0.05, 0) is 18.2 Å². The van der Waals surface area contributed by atoms with Gasteiger partial charge in [0.05, 0.1) is 5.02 Å². The number of Topliss-reactive ketones (excluding diaryl/α,β-unsaturated/α-hetero) is 2. The summed E-state index contributed by atoms with van der Waals surface area (Å²) < 4.78 is 0. The van der Waals surface area contributed by atoms with Crippen LogP contribution in [0.3, 0.4) is 0 Å². The molecule has 2 nitrogen and oxygen atoms in total. The number of hydrogen-bond acceptors (Lipinski definition) is 2. The second-order valence-electron chi connectivity index (χ2n) is 4.46. The number of carbonyl (C=O) groups excluding carboxylic acids is 2. The molecule has 1 unspecified atom stereocenters. The van der Waals surface area contributed by atoms with E-state index in [9.17, 15) is 9.59 Å². The second kappa shape index (κ2) is 4.88. The van der Waals surface area contributed by atoms with Crippen LogP contribution in [0.1, 0.15) is 32.2 Å². The topological polar surface area (TPSA) is 34.1 Å². The highest BCUT2D eigenvalue weighted by Crippen LogP contribution is 2.42. The number of benzene rings is 2. The van der Waals surface area contributed by atoms with Crippen LogP contribution >= 0.6 is 34.8 Å². The SMILES string of the molecule is O=C1c2cccc(Cl)c2C(=O)C1c1c(Cl)cccc1Cl. The van der Waals surface area contributed by atoms with Crippen molar-refractivity contribution in [1.29, 1.82) is 0 Å². The molecule has 2 aromatic carbocycles. The fourth-order valence-corrected chi connectivity index (χ4v) is 3.33. The molecule has 0 radical (unpaired) electrons. The van der Waals surface area contributed by atoms with Crippen molar-refractivity contribution in [3.05, 3.63) is 68.2 Å². The van der Waals surface area contributed by atoms with E-state index in [2.05, 4.69) is 0 Å². The van der Waals surface area contributed by atoms with Crippen LogP contribution in [-0.2, 0) is 0 Å². The van der Waals surface area contributed by atoms with Crippen LogP contribution in [0.5, 0.6) is 0 Å². The number of hydrogen-bond donors (Lipinski definition) is 0. The molecule has 0 amide bonds. The van der Waals surface area contributed by atoms with Crippen LogP contribution in [0.25, 0.3) is 0 Å². The van der Waals surface area contributed by atoms with Crippen molar-refractivity contribution in [1.82, 2.24) is 0 Å². The first-order valence-corrected chi connectivity index (χ1v) is 6.96. The number of ketones is 2. The van der Waals surface area contributed by atoms with E-state index in [0.29, 0.717) is 21.2 Å². The van der Waals surface area contributed by atoms with E-state index in [-0.39, 0.29) is 22.2 Å². The minimum atomic E-state index is -1.01. The van der Waals surface area contributed by atoms with Gasteiger partial charge in [-0.3, -0.25) is 9.59 Å². The average Bonchev–Trinajstić information content (AvgIpc) is 2.65. The molecule has 0 saturated carbocycles. The Morgan fingerprint density at radius 2 is 1.30 bits per heavy atom. The van der Waals surface area contributed by atoms with Gasteiger partial charge in [-0.25, -0.2) is 0 Å². The Hall–Kier alpha value is -1.35. The molecule has 0 saturated heterocycles. The Labute approximate surface area is 130 Å². The lowest BCUT2D eigenvalue weighted by atomic mass is 9.94. The summed E-state index contributed by atoms with van der Waals surface area (Å²) >= 11 is 18.2. The highest BCUT2D eigenvalue weighted by atomic mass is 35.5. The molecule has 0 fully saturated rings. The number of fused-ring (bicyclic) bond motifs is 1. The van der Waals surface area contributed by atoms with Crippen molar-refractivity contribution in [3.8, 4) is 0 Å². The number of carbonyl (C=O) groups is 2. The summed E-state index contributed by atoms with van der Waals surface area (Å²) in [5.74, 6) is -1.68. The zero-order chi connectivity index (χ0) is 14.4. The molecule has 0 bridgehead atoms. The Kier molecular flexibility index (Phi) is 3.33. The molecular formula is C15H7Cl3O2. The summed E-state index contributed by atoms with van der Waals surface area (Å²) in [5.41, 5.74) is 0.918. The van der Waals surface area contributed by atoms with Crippen molar-refractivity contribution in [2.45, 2.75) is 5.92 Å². The van der Waals surface area contributed by atoms with Crippen molar-refractivity contribution in [2.24, 2.45) is 0 Å². The maximum atomic E-state index is 12.5. The maximum absolute atomic E-state index is 12.5. The fraction of sp³-hybridized carbons (Fsp3) is 0.0667. The molecule has 2 aromatic rings. The lowest BCUT2D eigenvalue weighted by Gasteiger charge is -2.11.